The minimum Gasteiger partial charge on any atom is -0.481 e. The SMILES string of the molecule is CC(C)N(CCCC(=O)O)CCc1ccccc1[N+](=O)[O-]. The van der Waals surface area contributed by atoms with Crippen molar-refractivity contribution in [3.63, 3.8) is 0 Å². The zero-order valence-corrected chi connectivity index (χ0v) is 12.5. The molecule has 0 amide bonds. The standard InChI is InChI=1S/C15H22N2O4/c1-12(2)16(10-5-8-15(18)19)11-9-13-6-3-4-7-14(13)17(20)21/h3-4,6-7,12H,5,8-11H2,1-2H3,(H,18,19). The molecule has 1 aromatic carbocycles. The molecule has 0 bridgehead atoms. The summed E-state index contributed by atoms with van der Waals surface area (Å²) in [5.74, 6) is -0.794. The third-order valence-corrected chi connectivity index (χ3v) is 3.42. The van der Waals surface area contributed by atoms with E-state index in [0.29, 0.717) is 31.5 Å². The third kappa shape index (κ3) is 5.91. The van der Waals surface area contributed by atoms with E-state index >= 15 is 0 Å². The monoisotopic (exact) mass is 294 g/mol. The number of carboxylic acids is 1. The van der Waals surface area contributed by atoms with Crippen LogP contribution in [-0.4, -0.2) is 40.0 Å². The van der Waals surface area contributed by atoms with Crippen molar-refractivity contribution in [1.29, 1.82) is 0 Å². The number of aliphatic carboxylic acids is 1. The molecule has 0 radical (unpaired) electrons. The number of nitrogens with zero attached hydrogens (tertiary/aromatic N) is 2. The van der Waals surface area contributed by atoms with E-state index in [1.807, 2.05) is 13.8 Å². The molecule has 0 saturated heterocycles. The number of benzene rings is 1. The molecule has 0 atom stereocenters. The second-order valence-corrected chi connectivity index (χ2v) is 5.26. The van der Waals surface area contributed by atoms with Crippen LogP contribution in [0.25, 0.3) is 0 Å². The molecule has 1 aromatic rings. The fraction of sp³-hybridized carbons (Fsp3) is 0.533. The van der Waals surface area contributed by atoms with E-state index in [4.69, 9.17) is 5.11 Å². The molecule has 0 aliphatic carbocycles. The predicted octanol–water partition coefficient (Wildman–Crippen LogP) is 2.71. The number of carboxylic acid groups (broad SMARTS) is 1. The molecule has 0 aromatic heterocycles. The van der Waals surface area contributed by atoms with Crippen LogP contribution in [0.2, 0.25) is 0 Å². The Labute approximate surface area is 124 Å². The van der Waals surface area contributed by atoms with Crippen LogP contribution in [0.15, 0.2) is 24.3 Å². The first-order chi connectivity index (χ1) is 9.91. The lowest BCUT2D eigenvalue weighted by Gasteiger charge is -2.26. The zero-order chi connectivity index (χ0) is 15.8. The van der Waals surface area contributed by atoms with Crippen molar-refractivity contribution >= 4 is 11.7 Å². The Morgan fingerprint density at radius 1 is 1.33 bits per heavy atom. The Balaban J connectivity index is 2.61. The molecular weight excluding hydrogens is 272 g/mol. The minimum atomic E-state index is -0.794. The number of hydrogen-bond donors (Lipinski definition) is 1. The molecule has 116 valence electrons. The lowest BCUT2D eigenvalue weighted by atomic mass is 10.1. The molecule has 0 spiro atoms. The van der Waals surface area contributed by atoms with Crippen LogP contribution in [-0.2, 0) is 11.2 Å². The van der Waals surface area contributed by atoms with Crippen molar-refractivity contribution in [2.45, 2.75) is 39.2 Å². The lowest BCUT2D eigenvalue weighted by molar-refractivity contribution is -0.385. The number of carbonyl (C=O) groups is 1. The highest BCUT2D eigenvalue weighted by Gasteiger charge is 2.15. The van der Waals surface area contributed by atoms with E-state index in [1.165, 1.54) is 6.07 Å². The first-order valence-electron chi connectivity index (χ1n) is 7.10. The summed E-state index contributed by atoms with van der Waals surface area (Å²) in [5, 5.41) is 19.7. The van der Waals surface area contributed by atoms with E-state index < -0.39 is 5.97 Å². The van der Waals surface area contributed by atoms with E-state index in [2.05, 4.69) is 4.90 Å². The maximum atomic E-state index is 11.0. The molecule has 6 heteroatoms. The Bertz CT molecular complexity index is 488. The molecule has 0 aliphatic rings. The molecule has 1 N–H and O–H groups in total. The highest BCUT2D eigenvalue weighted by molar-refractivity contribution is 5.66. The largest absolute Gasteiger partial charge is 0.481 e. The molecule has 1 rings (SSSR count). The smallest absolute Gasteiger partial charge is 0.303 e. The van der Waals surface area contributed by atoms with Crippen molar-refractivity contribution in [1.82, 2.24) is 4.90 Å². The number of rotatable bonds is 9. The topological polar surface area (TPSA) is 83.7 Å². The summed E-state index contributed by atoms with van der Waals surface area (Å²) in [6.07, 6.45) is 1.32. The molecule has 0 aliphatic heterocycles. The predicted molar refractivity (Wildman–Crippen MR) is 80.4 cm³/mol. The minimum absolute atomic E-state index is 0.145. The average molecular weight is 294 g/mol. The van der Waals surface area contributed by atoms with E-state index in [-0.39, 0.29) is 23.1 Å². The van der Waals surface area contributed by atoms with Gasteiger partial charge >= 0.3 is 5.97 Å². The Morgan fingerprint density at radius 2 is 2.00 bits per heavy atom. The fourth-order valence-electron chi connectivity index (χ4n) is 2.23. The Hall–Kier alpha value is -1.95. The van der Waals surface area contributed by atoms with Gasteiger partial charge in [-0.05, 0) is 33.2 Å². The van der Waals surface area contributed by atoms with Gasteiger partial charge in [-0.15, -0.1) is 0 Å². The van der Waals surface area contributed by atoms with Crippen LogP contribution in [0.5, 0.6) is 0 Å². The Morgan fingerprint density at radius 3 is 2.57 bits per heavy atom. The molecular formula is C15H22N2O4. The van der Waals surface area contributed by atoms with Crippen LogP contribution in [0, 0.1) is 10.1 Å². The van der Waals surface area contributed by atoms with Gasteiger partial charge in [-0.2, -0.15) is 0 Å². The average Bonchev–Trinajstić information content (AvgIpc) is 2.42. The van der Waals surface area contributed by atoms with Gasteiger partial charge in [0.1, 0.15) is 0 Å². The lowest BCUT2D eigenvalue weighted by Crippen LogP contribution is -2.34. The Kier molecular flexibility index (Phi) is 6.81. The summed E-state index contributed by atoms with van der Waals surface area (Å²) >= 11 is 0. The summed E-state index contributed by atoms with van der Waals surface area (Å²) in [6, 6.07) is 7.02. The van der Waals surface area contributed by atoms with Crippen molar-refractivity contribution < 1.29 is 14.8 Å². The van der Waals surface area contributed by atoms with E-state index in [0.717, 1.165) is 0 Å². The van der Waals surface area contributed by atoms with Gasteiger partial charge in [-0.3, -0.25) is 14.9 Å². The molecule has 6 nitrogen and oxygen atoms in total. The summed E-state index contributed by atoms with van der Waals surface area (Å²) in [7, 11) is 0. The maximum Gasteiger partial charge on any atom is 0.303 e. The summed E-state index contributed by atoms with van der Waals surface area (Å²) in [4.78, 5) is 23.3. The van der Waals surface area contributed by atoms with Gasteiger partial charge in [0.25, 0.3) is 5.69 Å². The maximum absolute atomic E-state index is 11.0. The first kappa shape index (κ1) is 17.1. The van der Waals surface area contributed by atoms with Crippen LogP contribution < -0.4 is 0 Å². The second-order valence-electron chi connectivity index (χ2n) is 5.26. The van der Waals surface area contributed by atoms with Crippen molar-refractivity contribution in [2.24, 2.45) is 0 Å². The third-order valence-electron chi connectivity index (χ3n) is 3.42. The highest BCUT2D eigenvalue weighted by atomic mass is 16.6. The highest BCUT2D eigenvalue weighted by Crippen LogP contribution is 2.18. The van der Waals surface area contributed by atoms with Crippen molar-refractivity contribution in [2.75, 3.05) is 13.1 Å². The van der Waals surface area contributed by atoms with Gasteiger partial charge in [0, 0.05) is 30.6 Å². The summed E-state index contributed by atoms with van der Waals surface area (Å²) < 4.78 is 0. The van der Waals surface area contributed by atoms with Gasteiger partial charge < -0.3 is 10.0 Å². The quantitative estimate of drug-likeness (QED) is 0.559. The first-order valence-corrected chi connectivity index (χ1v) is 7.10. The number of nitro benzene ring substituents is 1. The second kappa shape index (κ2) is 8.36. The summed E-state index contributed by atoms with van der Waals surface area (Å²) in [5.41, 5.74) is 0.859. The summed E-state index contributed by atoms with van der Waals surface area (Å²) in [6.45, 7) is 5.45. The number of para-hydroxylation sites is 1. The molecule has 0 saturated carbocycles. The van der Waals surface area contributed by atoms with Gasteiger partial charge in [-0.25, -0.2) is 0 Å². The van der Waals surface area contributed by atoms with Gasteiger partial charge in [0.05, 0.1) is 4.92 Å². The van der Waals surface area contributed by atoms with Crippen LogP contribution in [0.1, 0.15) is 32.3 Å². The van der Waals surface area contributed by atoms with Crippen LogP contribution in [0.3, 0.4) is 0 Å². The van der Waals surface area contributed by atoms with E-state index in [9.17, 15) is 14.9 Å². The van der Waals surface area contributed by atoms with Gasteiger partial charge in [0.15, 0.2) is 0 Å². The van der Waals surface area contributed by atoms with Gasteiger partial charge in [0.2, 0.25) is 0 Å². The molecule has 0 heterocycles. The fourth-order valence-corrected chi connectivity index (χ4v) is 2.23. The molecule has 0 fully saturated rings. The van der Waals surface area contributed by atoms with Gasteiger partial charge in [-0.1, -0.05) is 18.2 Å². The van der Waals surface area contributed by atoms with Crippen molar-refractivity contribution in [3.8, 4) is 0 Å². The van der Waals surface area contributed by atoms with Crippen molar-refractivity contribution in [3.05, 3.63) is 39.9 Å². The molecule has 0 unspecified atom stereocenters. The van der Waals surface area contributed by atoms with Crippen LogP contribution >= 0.6 is 0 Å². The zero-order valence-electron chi connectivity index (χ0n) is 12.5. The normalized spacial score (nSPS) is 11.0. The molecule has 21 heavy (non-hydrogen) atoms. The van der Waals surface area contributed by atoms with E-state index in [1.54, 1.807) is 18.2 Å². The van der Waals surface area contributed by atoms with Crippen LogP contribution in [0.4, 0.5) is 5.69 Å². The number of hydrogen-bond acceptors (Lipinski definition) is 4. The number of nitro groups is 1.